The number of thiazole rings is 1. The van der Waals surface area contributed by atoms with E-state index < -0.39 is 0 Å². The Morgan fingerprint density at radius 3 is 2.66 bits per heavy atom. The summed E-state index contributed by atoms with van der Waals surface area (Å²) in [4.78, 5) is 31.8. The Labute approximate surface area is 175 Å². The molecule has 1 saturated carbocycles. The Kier molecular flexibility index (Phi) is 6.44. The van der Waals surface area contributed by atoms with Crippen molar-refractivity contribution in [2.45, 2.75) is 63.6 Å². The monoisotopic (exact) mass is 412 g/mol. The van der Waals surface area contributed by atoms with E-state index in [4.69, 9.17) is 0 Å². The van der Waals surface area contributed by atoms with E-state index in [-0.39, 0.29) is 24.0 Å². The van der Waals surface area contributed by atoms with Crippen molar-refractivity contribution in [3.63, 3.8) is 0 Å². The largest absolute Gasteiger partial charge is 0.349 e. The standard InChI is InChI=1S/C22H28N4O2S/c27-20(23-14-18-15-29-21(24-18)16-8-3-1-4-9-16)19-12-7-13-26(19)22(28)25-17-10-5-2-6-11-17/h1,3-4,8-9,15,17,19H,2,5-7,10-14H2,(H,23,27)(H,25,28)/t19-/m1/s1. The first-order valence-electron chi connectivity index (χ1n) is 10.6. The number of carbonyl (C=O) groups is 2. The molecule has 0 unspecified atom stereocenters. The number of rotatable bonds is 5. The average molecular weight is 413 g/mol. The number of carbonyl (C=O) groups excluding carboxylic acids is 2. The van der Waals surface area contributed by atoms with Gasteiger partial charge in [-0.1, -0.05) is 49.6 Å². The molecule has 1 aromatic heterocycles. The summed E-state index contributed by atoms with van der Waals surface area (Å²) < 4.78 is 0. The normalized spacial score (nSPS) is 19.9. The highest BCUT2D eigenvalue weighted by Crippen LogP contribution is 2.24. The zero-order valence-corrected chi connectivity index (χ0v) is 17.4. The topological polar surface area (TPSA) is 74.3 Å². The second-order valence-corrected chi connectivity index (χ2v) is 8.72. The Balaban J connectivity index is 1.30. The number of hydrogen-bond acceptors (Lipinski definition) is 4. The van der Waals surface area contributed by atoms with Gasteiger partial charge in [0.05, 0.1) is 12.2 Å². The molecule has 1 aromatic carbocycles. The van der Waals surface area contributed by atoms with Gasteiger partial charge in [-0.25, -0.2) is 9.78 Å². The highest BCUT2D eigenvalue weighted by atomic mass is 32.1. The Hall–Kier alpha value is -2.41. The molecule has 1 atom stereocenters. The molecule has 7 heteroatoms. The van der Waals surface area contributed by atoms with Gasteiger partial charge in [-0.05, 0) is 25.7 Å². The first kappa shape index (κ1) is 19.9. The fourth-order valence-electron chi connectivity index (χ4n) is 4.18. The highest BCUT2D eigenvalue weighted by molar-refractivity contribution is 7.13. The van der Waals surface area contributed by atoms with Crippen LogP contribution in [0.3, 0.4) is 0 Å². The van der Waals surface area contributed by atoms with Gasteiger partial charge >= 0.3 is 6.03 Å². The van der Waals surface area contributed by atoms with Crippen LogP contribution in [0, 0.1) is 0 Å². The molecule has 154 valence electrons. The third-order valence-electron chi connectivity index (χ3n) is 5.77. The molecule has 4 rings (SSSR count). The number of urea groups is 1. The molecule has 6 nitrogen and oxygen atoms in total. The van der Waals surface area contributed by atoms with Crippen LogP contribution < -0.4 is 10.6 Å². The van der Waals surface area contributed by atoms with Crippen LogP contribution in [0.2, 0.25) is 0 Å². The molecule has 0 radical (unpaired) electrons. The molecule has 2 heterocycles. The quantitative estimate of drug-likeness (QED) is 0.781. The second kappa shape index (κ2) is 9.39. The molecule has 2 N–H and O–H groups in total. The number of hydrogen-bond donors (Lipinski definition) is 2. The van der Waals surface area contributed by atoms with Gasteiger partial charge < -0.3 is 15.5 Å². The van der Waals surface area contributed by atoms with E-state index in [0.29, 0.717) is 13.1 Å². The fraction of sp³-hybridized carbons (Fsp3) is 0.500. The molecule has 0 spiro atoms. The molecule has 1 aliphatic carbocycles. The van der Waals surface area contributed by atoms with Crippen LogP contribution in [0.5, 0.6) is 0 Å². The molecule has 2 aliphatic rings. The Bertz CT molecular complexity index is 832. The molecule has 1 aliphatic heterocycles. The maximum absolute atomic E-state index is 12.7. The first-order valence-corrected chi connectivity index (χ1v) is 11.4. The van der Waals surface area contributed by atoms with E-state index in [1.165, 1.54) is 19.3 Å². The summed E-state index contributed by atoms with van der Waals surface area (Å²) in [6.07, 6.45) is 7.28. The summed E-state index contributed by atoms with van der Waals surface area (Å²) in [6, 6.07) is 9.81. The lowest BCUT2D eigenvalue weighted by Gasteiger charge is -2.29. The van der Waals surface area contributed by atoms with E-state index >= 15 is 0 Å². The van der Waals surface area contributed by atoms with Crippen molar-refractivity contribution in [3.05, 3.63) is 41.4 Å². The average Bonchev–Trinajstić information content (AvgIpc) is 3.43. The van der Waals surface area contributed by atoms with Gasteiger partial charge in [-0.2, -0.15) is 0 Å². The van der Waals surface area contributed by atoms with Gasteiger partial charge in [0.25, 0.3) is 0 Å². The highest BCUT2D eigenvalue weighted by Gasteiger charge is 2.34. The summed E-state index contributed by atoms with van der Waals surface area (Å²) in [5.74, 6) is -0.0874. The Morgan fingerprint density at radius 2 is 1.86 bits per heavy atom. The summed E-state index contributed by atoms with van der Waals surface area (Å²) in [5, 5.41) is 9.04. The number of benzene rings is 1. The van der Waals surface area contributed by atoms with Gasteiger partial charge in [0.2, 0.25) is 5.91 Å². The van der Waals surface area contributed by atoms with Crippen molar-refractivity contribution >= 4 is 23.3 Å². The molecule has 1 saturated heterocycles. The second-order valence-electron chi connectivity index (χ2n) is 7.86. The molecule has 2 aromatic rings. The summed E-state index contributed by atoms with van der Waals surface area (Å²) in [6.45, 7) is 1.03. The zero-order chi connectivity index (χ0) is 20.1. The minimum Gasteiger partial charge on any atom is -0.349 e. The fourth-order valence-corrected chi connectivity index (χ4v) is 5.01. The van der Waals surface area contributed by atoms with Gasteiger partial charge in [0.1, 0.15) is 11.0 Å². The SMILES string of the molecule is O=C(NCc1csc(-c2ccccc2)n1)[C@H]1CCCN1C(=O)NC1CCCCC1. The van der Waals surface area contributed by atoms with Crippen LogP contribution in [-0.2, 0) is 11.3 Å². The summed E-state index contributed by atoms with van der Waals surface area (Å²) in [5.41, 5.74) is 1.93. The number of nitrogens with one attached hydrogen (secondary N) is 2. The summed E-state index contributed by atoms with van der Waals surface area (Å²) >= 11 is 1.57. The van der Waals surface area contributed by atoms with E-state index in [0.717, 1.165) is 41.9 Å². The van der Waals surface area contributed by atoms with Crippen LogP contribution >= 0.6 is 11.3 Å². The van der Waals surface area contributed by atoms with E-state index in [1.807, 2.05) is 35.7 Å². The van der Waals surface area contributed by atoms with Crippen LogP contribution in [0.4, 0.5) is 4.79 Å². The number of aromatic nitrogens is 1. The summed E-state index contributed by atoms with van der Waals surface area (Å²) in [7, 11) is 0. The van der Waals surface area contributed by atoms with Crippen LogP contribution in [0.15, 0.2) is 35.7 Å². The first-order chi connectivity index (χ1) is 14.2. The molecule has 29 heavy (non-hydrogen) atoms. The lowest BCUT2D eigenvalue weighted by atomic mass is 9.96. The molecular formula is C22H28N4O2S. The Morgan fingerprint density at radius 1 is 1.07 bits per heavy atom. The van der Waals surface area contributed by atoms with Crippen molar-refractivity contribution in [2.75, 3.05) is 6.54 Å². The zero-order valence-electron chi connectivity index (χ0n) is 16.6. The third-order valence-corrected chi connectivity index (χ3v) is 6.71. The van der Waals surface area contributed by atoms with Gasteiger partial charge in [-0.3, -0.25) is 4.79 Å². The van der Waals surface area contributed by atoms with Crippen LogP contribution in [0.25, 0.3) is 10.6 Å². The van der Waals surface area contributed by atoms with Crippen LogP contribution in [-0.4, -0.2) is 40.5 Å². The van der Waals surface area contributed by atoms with Gasteiger partial charge in [0, 0.05) is 23.5 Å². The van der Waals surface area contributed by atoms with Crippen molar-refractivity contribution in [3.8, 4) is 10.6 Å². The maximum Gasteiger partial charge on any atom is 0.318 e. The van der Waals surface area contributed by atoms with Gasteiger partial charge in [-0.15, -0.1) is 11.3 Å². The van der Waals surface area contributed by atoms with E-state index in [2.05, 4.69) is 15.6 Å². The van der Waals surface area contributed by atoms with Crippen molar-refractivity contribution < 1.29 is 9.59 Å². The third kappa shape index (κ3) is 4.96. The minimum absolute atomic E-state index is 0.0874. The lowest BCUT2D eigenvalue weighted by molar-refractivity contribution is -0.124. The molecular weight excluding hydrogens is 384 g/mol. The number of amides is 3. The lowest BCUT2D eigenvalue weighted by Crippen LogP contribution is -2.51. The van der Waals surface area contributed by atoms with Crippen molar-refractivity contribution in [1.82, 2.24) is 20.5 Å². The van der Waals surface area contributed by atoms with Crippen molar-refractivity contribution in [2.24, 2.45) is 0 Å². The van der Waals surface area contributed by atoms with E-state index in [1.54, 1.807) is 16.2 Å². The van der Waals surface area contributed by atoms with E-state index in [9.17, 15) is 9.59 Å². The predicted molar refractivity (Wildman–Crippen MR) is 115 cm³/mol. The maximum atomic E-state index is 12.7. The van der Waals surface area contributed by atoms with Gasteiger partial charge in [0.15, 0.2) is 0 Å². The number of nitrogens with zero attached hydrogens (tertiary/aromatic N) is 2. The predicted octanol–water partition coefficient (Wildman–Crippen LogP) is 3.93. The van der Waals surface area contributed by atoms with Crippen LogP contribution in [0.1, 0.15) is 50.6 Å². The smallest absolute Gasteiger partial charge is 0.318 e. The molecule has 3 amide bonds. The van der Waals surface area contributed by atoms with Crippen molar-refractivity contribution in [1.29, 1.82) is 0 Å². The minimum atomic E-state index is -0.383. The number of likely N-dealkylation sites (tertiary alicyclic amines) is 1. The molecule has 0 bridgehead atoms. The molecule has 2 fully saturated rings.